The van der Waals surface area contributed by atoms with Gasteiger partial charge in [0.15, 0.2) is 0 Å². The molecule has 0 saturated carbocycles. The Kier molecular flexibility index (Phi) is 7.50. The van der Waals surface area contributed by atoms with Gasteiger partial charge in [0.25, 0.3) is 0 Å². The summed E-state index contributed by atoms with van der Waals surface area (Å²) in [6.45, 7) is 3.30. The molecule has 0 unspecified atom stereocenters. The molecular weight excluding hydrogens is 432 g/mol. The summed E-state index contributed by atoms with van der Waals surface area (Å²) in [7, 11) is 0. The molecule has 2 aromatic carbocycles. The molecule has 4 rings (SSSR count). The number of alkyl carbamates (subject to hydrolysis) is 1. The number of nitrogens with one attached hydrogen (secondary N) is 1. The Morgan fingerprint density at radius 1 is 1.03 bits per heavy atom. The monoisotopic (exact) mass is 464 g/mol. The minimum Gasteiger partial charge on any atom is -0.481 e. The number of piperidine rings is 1. The third-order valence-corrected chi connectivity index (χ3v) is 7.01. The summed E-state index contributed by atoms with van der Waals surface area (Å²) < 4.78 is 5.62. The van der Waals surface area contributed by atoms with Crippen molar-refractivity contribution >= 4 is 18.0 Å². The number of hydrogen-bond donors (Lipinski definition) is 2. The molecule has 7 heteroatoms. The zero-order valence-corrected chi connectivity index (χ0v) is 19.5. The lowest BCUT2D eigenvalue weighted by Gasteiger charge is -2.32. The van der Waals surface area contributed by atoms with Crippen LogP contribution in [0, 0.1) is 5.92 Å². The van der Waals surface area contributed by atoms with Gasteiger partial charge in [-0.3, -0.25) is 9.59 Å². The first kappa shape index (κ1) is 23.8. The fourth-order valence-electron chi connectivity index (χ4n) is 5.08. The van der Waals surface area contributed by atoms with Gasteiger partial charge >= 0.3 is 12.1 Å². The second-order valence-electron chi connectivity index (χ2n) is 9.20. The molecule has 1 atom stereocenters. The maximum atomic E-state index is 12.7. The van der Waals surface area contributed by atoms with Crippen molar-refractivity contribution in [2.75, 3.05) is 19.7 Å². The van der Waals surface area contributed by atoms with E-state index in [2.05, 4.69) is 29.6 Å². The van der Waals surface area contributed by atoms with E-state index in [1.807, 2.05) is 31.2 Å². The number of nitrogens with zero attached hydrogens (tertiary/aromatic N) is 1. The first-order valence-electron chi connectivity index (χ1n) is 12.1. The van der Waals surface area contributed by atoms with Crippen molar-refractivity contribution in [3.8, 4) is 11.1 Å². The predicted octanol–water partition coefficient (Wildman–Crippen LogP) is 4.41. The molecule has 2 N–H and O–H groups in total. The Hall–Kier alpha value is -3.35. The minimum atomic E-state index is -0.789. The lowest BCUT2D eigenvalue weighted by molar-refractivity contribution is -0.138. The third-order valence-electron chi connectivity index (χ3n) is 7.01. The second-order valence-corrected chi connectivity index (χ2v) is 9.20. The van der Waals surface area contributed by atoms with Crippen LogP contribution in [0.4, 0.5) is 4.79 Å². The van der Waals surface area contributed by atoms with Gasteiger partial charge in [0, 0.05) is 37.9 Å². The average molecular weight is 465 g/mol. The number of amides is 2. The largest absolute Gasteiger partial charge is 0.481 e. The predicted molar refractivity (Wildman–Crippen MR) is 128 cm³/mol. The van der Waals surface area contributed by atoms with Gasteiger partial charge < -0.3 is 20.1 Å². The molecule has 34 heavy (non-hydrogen) atoms. The summed E-state index contributed by atoms with van der Waals surface area (Å²) >= 11 is 0. The normalized spacial score (nSPS) is 16.4. The van der Waals surface area contributed by atoms with E-state index in [1.165, 1.54) is 11.1 Å². The van der Waals surface area contributed by atoms with Crippen LogP contribution in [0.1, 0.15) is 56.1 Å². The molecule has 2 aromatic rings. The summed E-state index contributed by atoms with van der Waals surface area (Å²) in [5.41, 5.74) is 4.67. The van der Waals surface area contributed by atoms with Crippen LogP contribution < -0.4 is 5.32 Å². The number of aliphatic carboxylic acids is 1. The zero-order valence-electron chi connectivity index (χ0n) is 19.5. The van der Waals surface area contributed by atoms with E-state index >= 15 is 0 Å². The van der Waals surface area contributed by atoms with Crippen molar-refractivity contribution in [3.63, 3.8) is 0 Å². The highest BCUT2D eigenvalue weighted by molar-refractivity contribution is 5.79. The third kappa shape index (κ3) is 5.41. The summed E-state index contributed by atoms with van der Waals surface area (Å²) in [5, 5.41) is 11.8. The lowest BCUT2D eigenvalue weighted by atomic mass is 9.93. The minimum absolute atomic E-state index is 0.00745. The molecule has 1 aliphatic heterocycles. The van der Waals surface area contributed by atoms with E-state index in [-0.39, 0.29) is 43.2 Å². The second kappa shape index (κ2) is 10.7. The number of carbonyl (C=O) groups excluding carboxylic acids is 2. The number of rotatable bonds is 8. The SMILES string of the molecule is CC[C@@H](CC(=O)N1CCC(CC(=O)O)CC1)NC(=O)OCC1c2ccccc2-c2ccccc21. The first-order chi connectivity index (χ1) is 16.5. The van der Waals surface area contributed by atoms with Crippen LogP contribution in [-0.2, 0) is 14.3 Å². The number of carboxylic acids is 1. The number of fused-ring (bicyclic) bond motifs is 3. The van der Waals surface area contributed by atoms with Crippen LogP contribution in [0.3, 0.4) is 0 Å². The smallest absolute Gasteiger partial charge is 0.407 e. The van der Waals surface area contributed by atoms with Gasteiger partial charge in [-0.15, -0.1) is 0 Å². The summed E-state index contributed by atoms with van der Waals surface area (Å²) in [6.07, 6.45) is 1.88. The molecule has 180 valence electrons. The van der Waals surface area contributed by atoms with Gasteiger partial charge in [0.1, 0.15) is 6.61 Å². The maximum Gasteiger partial charge on any atom is 0.407 e. The Morgan fingerprint density at radius 2 is 1.62 bits per heavy atom. The fourth-order valence-corrected chi connectivity index (χ4v) is 5.08. The topological polar surface area (TPSA) is 95.9 Å². The summed E-state index contributed by atoms with van der Waals surface area (Å²) in [5.74, 6) is -0.683. The number of ether oxygens (including phenoxy) is 1. The highest BCUT2D eigenvalue weighted by Gasteiger charge is 2.30. The van der Waals surface area contributed by atoms with Crippen LogP contribution >= 0.6 is 0 Å². The Morgan fingerprint density at radius 3 is 2.18 bits per heavy atom. The molecule has 2 aliphatic rings. The molecule has 0 aromatic heterocycles. The molecule has 0 bridgehead atoms. The molecule has 1 saturated heterocycles. The van der Waals surface area contributed by atoms with Gasteiger partial charge in [0.05, 0.1) is 0 Å². The molecule has 2 amide bonds. The highest BCUT2D eigenvalue weighted by atomic mass is 16.5. The van der Waals surface area contributed by atoms with Gasteiger partial charge in [0.2, 0.25) is 5.91 Å². The van der Waals surface area contributed by atoms with Crippen molar-refractivity contribution < 1.29 is 24.2 Å². The van der Waals surface area contributed by atoms with Crippen LogP contribution in [0.15, 0.2) is 48.5 Å². The van der Waals surface area contributed by atoms with Crippen LogP contribution in [0.25, 0.3) is 11.1 Å². The molecule has 1 heterocycles. The Bertz CT molecular complexity index is 999. The number of carbonyl (C=O) groups is 3. The van der Waals surface area contributed by atoms with Gasteiger partial charge in [-0.1, -0.05) is 55.5 Å². The summed E-state index contributed by atoms with van der Waals surface area (Å²) in [4.78, 5) is 38.0. The fraction of sp³-hybridized carbons (Fsp3) is 0.444. The van der Waals surface area contributed by atoms with E-state index in [9.17, 15) is 14.4 Å². The lowest BCUT2D eigenvalue weighted by Crippen LogP contribution is -2.43. The van der Waals surface area contributed by atoms with Crippen molar-refractivity contribution in [3.05, 3.63) is 59.7 Å². The molecule has 0 spiro atoms. The molecule has 1 fully saturated rings. The number of benzene rings is 2. The van der Waals surface area contributed by atoms with E-state index < -0.39 is 12.1 Å². The van der Waals surface area contributed by atoms with E-state index in [0.29, 0.717) is 32.4 Å². The Balaban J connectivity index is 1.28. The Labute approximate surface area is 200 Å². The molecule has 0 radical (unpaired) electrons. The van der Waals surface area contributed by atoms with Crippen molar-refractivity contribution in [2.45, 2.75) is 51.0 Å². The van der Waals surface area contributed by atoms with Crippen molar-refractivity contribution in [1.82, 2.24) is 10.2 Å². The van der Waals surface area contributed by atoms with Crippen LogP contribution in [-0.4, -0.2) is 53.7 Å². The summed E-state index contributed by atoms with van der Waals surface area (Å²) in [6, 6.07) is 16.1. The number of carboxylic acid groups (broad SMARTS) is 1. The number of hydrogen-bond acceptors (Lipinski definition) is 4. The number of likely N-dealkylation sites (tertiary alicyclic amines) is 1. The van der Waals surface area contributed by atoms with Gasteiger partial charge in [-0.25, -0.2) is 4.79 Å². The quantitative estimate of drug-likeness (QED) is 0.603. The molecule has 7 nitrogen and oxygen atoms in total. The first-order valence-corrected chi connectivity index (χ1v) is 12.1. The van der Waals surface area contributed by atoms with Crippen molar-refractivity contribution in [2.24, 2.45) is 5.92 Å². The molecular formula is C27H32N2O5. The van der Waals surface area contributed by atoms with Gasteiger partial charge in [-0.05, 0) is 47.4 Å². The van der Waals surface area contributed by atoms with Crippen LogP contribution in [0.2, 0.25) is 0 Å². The van der Waals surface area contributed by atoms with Gasteiger partial charge in [-0.2, -0.15) is 0 Å². The van der Waals surface area contributed by atoms with E-state index in [0.717, 1.165) is 11.1 Å². The maximum absolute atomic E-state index is 12.7. The van der Waals surface area contributed by atoms with Crippen molar-refractivity contribution in [1.29, 1.82) is 0 Å². The zero-order chi connectivity index (χ0) is 24.1. The molecule has 1 aliphatic carbocycles. The average Bonchev–Trinajstić information content (AvgIpc) is 3.16. The standard InChI is InChI=1S/C27H32N2O5/c1-2-19(16-25(30)29-13-11-18(12-14-29)15-26(31)32)28-27(33)34-17-24-22-9-5-3-7-20(22)21-8-4-6-10-23(21)24/h3-10,18-19,24H,2,11-17H2,1H3,(H,28,33)(H,31,32)/t19-/m0/s1. The van der Waals surface area contributed by atoms with E-state index in [1.54, 1.807) is 4.90 Å². The van der Waals surface area contributed by atoms with E-state index in [4.69, 9.17) is 9.84 Å². The van der Waals surface area contributed by atoms with Crippen LogP contribution in [0.5, 0.6) is 0 Å². The highest BCUT2D eigenvalue weighted by Crippen LogP contribution is 2.44.